The number of piperidine rings is 1. The maximum atomic E-state index is 6.10. The van der Waals surface area contributed by atoms with Gasteiger partial charge in [0, 0.05) is 42.9 Å². The molecule has 122 valence electrons. The number of aromatic nitrogens is 2. The van der Waals surface area contributed by atoms with Crippen molar-refractivity contribution in [2.45, 2.75) is 25.5 Å². The normalized spacial score (nSPS) is 15.9. The minimum absolute atomic E-state index is 0.291. The minimum Gasteiger partial charge on any atom is -0.378 e. The monoisotopic (exact) mass is 332 g/mol. The van der Waals surface area contributed by atoms with E-state index in [1.165, 1.54) is 0 Å². The lowest BCUT2D eigenvalue weighted by molar-refractivity contribution is 0.181. The lowest BCUT2D eigenvalue weighted by Crippen LogP contribution is -2.40. The first-order valence-electron chi connectivity index (χ1n) is 7.79. The summed E-state index contributed by atoms with van der Waals surface area (Å²) in [5, 5.41) is 0.675. The second kappa shape index (κ2) is 7.25. The average molecular weight is 333 g/mol. The number of anilines is 1. The Bertz CT molecular complexity index is 671. The van der Waals surface area contributed by atoms with Gasteiger partial charge in [-0.1, -0.05) is 23.7 Å². The molecule has 2 aromatic rings. The number of rotatable bonds is 4. The van der Waals surface area contributed by atoms with Gasteiger partial charge in [0.15, 0.2) is 5.82 Å². The van der Waals surface area contributed by atoms with Crippen LogP contribution in [-0.2, 0) is 11.3 Å². The van der Waals surface area contributed by atoms with Gasteiger partial charge in [0.05, 0.1) is 12.3 Å². The molecule has 0 aliphatic carbocycles. The molecule has 1 fully saturated rings. The molecule has 0 saturated carbocycles. The molecule has 2 N–H and O–H groups in total. The van der Waals surface area contributed by atoms with Crippen LogP contribution in [0.3, 0.4) is 0 Å². The Morgan fingerprint density at radius 3 is 2.74 bits per heavy atom. The molecule has 0 amide bonds. The predicted octanol–water partition coefficient (Wildman–Crippen LogP) is 2.87. The number of hydrogen-bond acceptors (Lipinski definition) is 5. The molecule has 0 bridgehead atoms. The molecule has 1 aliphatic rings. The van der Waals surface area contributed by atoms with Gasteiger partial charge in [0.2, 0.25) is 0 Å². The largest absolute Gasteiger partial charge is 0.378 e. The van der Waals surface area contributed by atoms with Crippen LogP contribution >= 0.6 is 11.6 Å². The van der Waals surface area contributed by atoms with Gasteiger partial charge in [-0.05, 0) is 25.0 Å². The van der Waals surface area contributed by atoms with E-state index in [0.717, 1.165) is 43.0 Å². The smallest absolute Gasteiger partial charge is 0.161 e. The van der Waals surface area contributed by atoms with Crippen molar-refractivity contribution in [2.75, 3.05) is 25.1 Å². The van der Waals surface area contributed by atoms with Crippen LogP contribution in [0.1, 0.15) is 18.5 Å². The Hall–Kier alpha value is -1.69. The Balaban J connectivity index is 1.96. The Labute approximate surface area is 141 Å². The first-order valence-corrected chi connectivity index (χ1v) is 8.17. The van der Waals surface area contributed by atoms with Crippen molar-refractivity contribution in [3.8, 4) is 11.4 Å². The van der Waals surface area contributed by atoms with Crippen molar-refractivity contribution in [3.63, 3.8) is 0 Å². The zero-order valence-electron chi connectivity index (χ0n) is 13.2. The number of nitrogens with two attached hydrogens (primary N) is 1. The SMILES string of the molecule is COCc1cc(N2CCC(N)CC2)nc(-c2cccc(Cl)c2)n1. The maximum Gasteiger partial charge on any atom is 0.161 e. The van der Waals surface area contributed by atoms with Gasteiger partial charge in [-0.15, -0.1) is 0 Å². The van der Waals surface area contributed by atoms with Crippen molar-refractivity contribution in [1.29, 1.82) is 0 Å². The average Bonchev–Trinajstić information content (AvgIpc) is 2.55. The van der Waals surface area contributed by atoms with E-state index in [1.54, 1.807) is 7.11 Å². The lowest BCUT2D eigenvalue weighted by atomic mass is 10.1. The summed E-state index contributed by atoms with van der Waals surface area (Å²) in [6, 6.07) is 9.88. The molecule has 0 spiro atoms. The Morgan fingerprint density at radius 2 is 2.04 bits per heavy atom. The summed E-state index contributed by atoms with van der Waals surface area (Å²) in [6.45, 7) is 2.29. The number of halogens is 1. The molecule has 0 radical (unpaired) electrons. The fraction of sp³-hybridized carbons (Fsp3) is 0.412. The third-order valence-corrected chi connectivity index (χ3v) is 4.24. The molecule has 3 rings (SSSR count). The second-order valence-corrected chi connectivity index (χ2v) is 6.25. The number of methoxy groups -OCH3 is 1. The summed E-state index contributed by atoms with van der Waals surface area (Å²) in [7, 11) is 1.67. The molecule has 1 aromatic carbocycles. The molecule has 0 unspecified atom stereocenters. The fourth-order valence-corrected chi connectivity index (χ4v) is 2.94. The van der Waals surface area contributed by atoms with Crippen LogP contribution in [0.15, 0.2) is 30.3 Å². The van der Waals surface area contributed by atoms with E-state index in [0.29, 0.717) is 23.5 Å². The van der Waals surface area contributed by atoms with E-state index in [9.17, 15) is 0 Å². The molecule has 5 nitrogen and oxygen atoms in total. The molecule has 1 aliphatic heterocycles. The lowest BCUT2D eigenvalue weighted by Gasteiger charge is -2.31. The molecular weight excluding hydrogens is 312 g/mol. The van der Waals surface area contributed by atoms with E-state index >= 15 is 0 Å². The van der Waals surface area contributed by atoms with Crippen LogP contribution in [-0.4, -0.2) is 36.2 Å². The molecule has 23 heavy (non-hydrogen) atoms. The highest BCUT2D eigenvalue weighted by atomic mass is 35.5. The first-order chi connectivity index (χ1) is 11.2. The van der Waals surface area contributed by atoms with Crippen LogP contribution in [0.2, 0.25) is 5.02 Å². The number of hydrogen-bond donors (Lipinski definition) is 1. The molecular formula is C17H21ClN4O. The number of nitrogens with zero attached hydrogens (tertiary/aromatic N) is 3. The van der Waals surface area contributed by atoms with Crippen LogP contribution in [0.5, 0.6) is 0 Å². The maximum absolute atomic E-state index is 6.10. The second-order valence-electron chi connectivity index (χ2n) is 5.81. The topological polar surface area (TPSA) is 64.3 Å². The van der Waals surface area contributed by atoms with E-state index in [1.807, 2.05) is 30.3 Å². The summed E-state index contributed by atoms with van der Waals surface area (Å²) in [5.74, 6) is 1.60. The first kappa shape index (κ1) is 16.2. The van der Waals surface area contributed by atoms with Gasteiger partial charge in [0.25, 0.3) is 0 Å². The highest BCUT2D eigenvalue weighted by Gasteiger charge is 2.19. The van der Waals surface area contributed by atoms with Gasteiger partial charge in [0.1, 0.15) is 5.82 Å². The highest BCUT2D eigenvalue weighted by Crippen LogP contribution is 2.24. The molecule has 2 heterocycles. The van der Waals surface area contributed by atoms with Crippen molar-refractivity contribution in [3.05, 3.63) is 41.0 Å². The quantitative estimate of drug-likeness (QED) is 0.932. The summed E-state index contributed by atoms with van der Waals surface area (Å²) in [4.78, 5) is 11.6. The van der Waals surface area contributed by atoms with Gasteiger partial charge in [-0.2, -0.15) is 0 Å². The summed E-state index contributed by atoms with van der Waals surface area (Å²) in [5.41, 5.74) is 7.77. The van der Waals surface area contributed by atoms with Crippen molar-refractivity contribution < 1.29 is 4.74 Å². The summed E-state index contributed by atoms with van der Waals surface area (Å²) < 4.78 is 5.25. The summed E-state index contributed by atoms with van der Waals surface area (Å²) in [6.07, 6.45) is 1.96. The van der Waals surface area contributed by atoms with E-state index in [2.05, 4.69) is 9.88 Å². The van der Waals surface area contributed by atoms with Crippen molar-refractivity contribution >= 4 is 17.4 Å². The van der Waals surface area contributed by atoms with E-state index in [4.69, 9.17) is 27.1 Å². The van der Waals surface area contributed by atoms with Crippen LogP contribution in [0.25, 0.3) is 11.4 Å². The molecule has 1 saturated heterocycles. The molecule has 6 heteroatoms. The predicted molar refractivity (Wildman–Crippen MR) is 92.6 cm³/mol. The van der Waals surface area contributed by atoms with E-state index in [-0.39, 0.29) is 0 Å². The zero-order chi connectivity index (χ0) is 16.2. The standard InChI is InChI=1S/C17H21ClN4O/c1-23-11-15-10-16(22-7-5-14(19)6-8-22)21-17(20-15)12-3-2-4-13(18)9-12/h2-4,9-10,14H,5-8,11,19H2,1H3. The van der Waals surface area contributed by atoms with Gasteiger partial charge in [-0.3, -0.25) is 0 Å². The number of ether oxygens (including phenoxy) is 1. The van der Waals surface area contributed by atoms with Gasteiger partial charge < -0.3 is 15.4 Å². The van der Waals surface area contributed by atoms with Crippen LogP contribution in [0, 0.1) is 0 Å². The van der Waals surface area contributed by atoms with Crippen molar-refractivity contribution in [2.24, 2.45) is 5.73 Å². The van der Waals surface area contributed by atoms with Crippen LogP contribution < -0.4 is 10.6 Å². The number of benzene rings is 1. The van der Waals surface area contributed by atoms with Crippen molar-refractivity contribution in [1.82, 2.24) is 9.97 Å². The van der Waals surface area contributed by atoms with Gasteiger partial charge in [-0.25, -0.2) is 9.97 Å². The third kappa shape index (κ3) is 3.99. The Kier molecular flexibility index (Phi) is 5.10. The minimum atomic E-state index is 0.291. The highest BCUT2D eigenvalue weighted by molar-refractivity contribution is 6.30. The van der Waals surface area contributed by atoms with E-state index < -0.39 is 0 Å². The molecule has 1 aromatic heterocycles. The zero-order valence-corrected chi connectivity index (χ0v) is 14.0. The Morgan fingerprint density at radius 1 is 1.26 bits per heavy atom. The summed E-state index contributed by atoms with van der Waals surface area (Å²) >= 11 is 6.10. The van der Waals surface area contributed by atoms with Gasteiger partial charge >= 0.3 is 0 Å². The third-order valence-electron chi connectivity index (χ3n) is 4.00. The molecule has 0 atom stereocenters. The fourth-order valence-electron chi connectivity index (χ4n) is 2.75. The van der Waals surface area contributed by atoms with Crippen LogP contribution in [0.4, 0.5) is 5.82 Å².